The van der Waals surface area contributed by atoms with Gasteiger partial charge in [-0.15, -0.1) is 0 Å². The zero-order valence-corrected chi connectivity index (χ0v) is 10.2. The molecule has 0 bridgehead atoms. The van der Waals surface area contributed by atoms with Crippen LogP contribution in [0, 0.1) is 6.92 Å². The van der Waals surface area contributed by atoms with Gasteiger partial charge in [-0.05, 0) is 18.6 Å². The lowest BCUT2D eigenvalue weighted by molar-refractivity contribution is 0.349. The van der Waals surface area contributed by atoms with E-state index in [4.69, 9.17) is 27.0 Å². The minimum absolute atomic E-state index is 0.0126. The van der Waals surface area contributed by atoms with E-state index in [9.17, 15) is 8.42 Å². The predicted octanol–water partition coefficient (Wildman–Crippen LogP) is 2.51. The Morgan fingerprint density at radius 1 is 1.47 bits per heavy atom. The Labute approximate surface area is 97.4 Å². The van der Waals surface area contributed by atoms with Crippen LogP contribution in [0.2, 0.25) is 5.02 Å². The van der Waals surface area contributed by atoms with Crippen molar-refractivity contribution in [2.24, 2.45) is 0 Å². The van der Waals surface area contributed by atoms with Crippen LogP contribution in [0.5, 0.6) is 5.75 Å². The van der Waals surface area contributed by atoms with Gasteiger partial charge in [-0.1, -0.05) is 11.6 Å². The minimum atomic E-state index is -3.78. The number of rotatable bonds is 1. The minimum Gasteiger partial charge on any atom is -0.491 e. The summed E-state index contributed by atoms with van der Waals surface area (Å²) in [4.78, 5) is 0.0126. The van der Waals surface area contributed by atoms with Crippen LogP contribution in [0.25, 0.3) is 0 Å². The van der Waals surface area contributed by atoms with Gasteiger partial charge in [-0.3, -0.25) is 0 Å². The molecule has 1 aliphatic rings. The molecule has 0 radical (unpaired) electrons. The molecule has 1 aliphatic heterocycles. The van der Waals surface area contributed by atoms with Gasteiger partial charge >= 0.3 is 0 Å². The smallest absolute Gasteiger partial charge is 0.265 e. The topological polar surface area (TPSA) is 43.4 Å². The molecule has 1 aromatic carbocycles. The Bertz CT molecular complexity index is 523. The lowest BCUT2D eigenvalue weighted by Crippen LogP contribution is -1.97. The molecule has 0 unspecified atom stereocenters. The number of hydrogen-bond donors (Lipinski definition) is 0. The lowest BCUT2D eigenvalue weighted by Gasteiger charge is -2.08. The second-order valence-electron chi connectivity index (χ2n) is 3.35. The SMILES string of the molecule is Cc1cc(S(=O)(=O)Cl)c2c(c1Cl)CCO2. The fraction of sp³-hybridized carbons (Fsp3) is 0.333. The molecule has 0 amide bonds. The molecule has 0 saturated heterocycles. The lowest BCUT2D eigenvalue weighted by atomic mass is 10.1. The van der Waals surface area contributed by atoms with Crippen molar-refractivity contribution in [1.29, 1.82) is 0 Å². The van der Waals surface area contributed by atoms with E-state index in [1.54, 1.807) is 6.92 Å². The Balaban J connectivity index is 2.79. The number of halogens is 2. The highest BCUT2D eigenvalue weighted by atomic mass is 35.7. The van der Waals surface area contributed by atoms with Gasteiger partial charge in [0.15, 0.2) is 0 Å². The van der Waals surface area contributed by atoms with Crippen molar-refractivity contribution >= 4 is 31.3 Å². The Morgan fingerprint density at radius 2 is 2.13 bits per heavy atom. The predicted molar refractivity (Wildman–Crippen MR) is 58.4 cm³/mol. The molecule has 0 saturated carbocycles. The summed E-state index contributed by atoms with van der Waals surface area (Å²) in [5.74, 6) is 0.306. The standard InChI is InChI=1S/C9H8Cl2O3S/c1-5-4-7(15(11,12)13)9-6(8(5)10)2-3-14-9/h4H,2-3H2,1H3. The van der Waals surface area contributed by atoms with Crippen LogP contribution >= 0.6 is 22.3 Å². The van der Waals surface area contributed by atoms with Crippen molar-refractivity contribution in [2.45, 2.75) is 18.2 Å². The fourth-order valence-corrected chi connectivity index (χ4v) is 2.93. The monoisotopic (exact) mass is 266 g/mol. The maximum Gasteiger partial charge on any atom is 0.265 e. The summed E-state index contributed by atoms with van der Waals surface area (Å²) in [6.07, 6.45) is 0.620. The molecule has 6 heteroatoms. The van der Waals surface area contributed by atoms with Crippen molar-refractivity contribution in [3.63, 3.8) is 0 Å². The van der Waals surface area contributed by atoms with Crippen molar-refractivity contribution < 1.29 is 13.2 Å². The fourth-order valence-electron chi connectivity index (χ4n) is 1.63. The van der Waals surface area contributed by atoms with Crippen molar-refractivity contribution in [1.82, 2.24) is 0 Å². The largest absolute Gasteiger partial charge is 0.491 e. The number of aryl methyl sites for hydroxylation is 1. The maximum absolute atomic E-state index is 11.3. The van der Waals surface area contributed by atoms with Crippen molar-refractivity contribution in [3.8, 4) is 5.75 Å². The van der Waals surface area contributed by atoms with Crippen LogP contribution in [-0.4, -0.2) is 15.0 Å². The normalized spacial score (nSPS) is 14.9. The van der Waals surface area contributed by atoms with E-state index in [2.05, 4.69) is 0 Å². The number of ether oxygens (including phenoxy) is 1. The highest BCUT2D eigenvalue weighted by molar-refractivity contribution is 8.13. The zero-order chi connectivity index (χ0) is 11.2. The second-order valence-corrected chi connectivity index (χ2v) is 6.26. The number of hydrogen-bond acceptors (Lipinski definition) is 3. The first-order valence-corrected chi connectivity index (χ1v) is 6.99. The quantitative estimate of drug-likeness (QED) is 0.734. The third kappa shape index (κ3) is 1.82. The van der Waals surface area contributed by atoms with Gasteiger partial charge in [0, 0.05) is 22.7 Å². The number of benzene rings is 1. The second kappa shape index (κ2) is 3.54. The van der Waals surface area contributed by atoms with Crippen LogP contribution in [0.3, 0.4) is 0 Å². The third-order valence-electron chi connectivity index (χ3n) is 2.32. The summed E-state index contributed by atoms with van der Waals surface area (Å²) in [5, 5.41) is 0.562. The van der Waals surface area contributed by atoms with Crippen LogP contribution in [0.15, 0.2) is 11.0 Å². The summed E-state index contributed by atoms with van der Waals surface area (Å²) in [5.41, 5.74) is 1.43. The first kappa shape index (κ1) is 11.0. The summed E-state index contributed by atoms with van der Waals surface area (Å²) < 4.78 is 27.8. The molecule has 82 valence electrons. The Hall–Kier alpha value is -0.450. The molecule has 1 heterocycles. The van der Waals surface area contributed by atoms with Crippen LogP contribution in [0.4, 0.5) is 0 Å². The van der Waals surface area contributed by atoms with E-state index >= 15 is 0 Å². The molecule has 0 N–H and O–H groups in total. The first-order valence-electron chi connectivity index (χ1n) is 4.30. The summed E-state index contributed by atoms with van der Waals surface area (Å²) in [7, 11) is 1.54. The molecular weight excluding hydrogens is 259 g/mol. The van der Waals surface area contributed by atoms with Gasteiger partial charge in [-0.2, -0.15) is 0 Å². The molecule has 0 fully saturated rings. The summed E-state index contributed by atoms with van der Waals surface area (Å²) in [6.45, 7) is 2.18. The highest BCUT2D eigenvalue weighted by Gasteiger charge is 2.27. The van der Waals surface area contributed by atoms with E-state index in [1.165, 1.54) is 6.07 Å². The molecule has 15 heavy (non-hydrogen) atoms. The van der Waals surface area contributed by atoms with E-state index in [0.717, 1.165) is 5.56 Å². The average molecular weight is 267 g/mol. The Kier molecular flexibility index (Phi) is 2.61. The summed E-state index contributed by atoms with van der Waals surface area (Å²) in [6, 6.07) is 1.44. The molecule has 0 aliphatic carbocycles. The van der Waals surface area contributed by atoms with Crippen LogP contribution in [-0.2, 0) is 15.5 Å². The van der Waals surface area contributed by atoms with Gasteiger partial charge < -0.3 is 4.74 Å². The molecule has 0 spiro atoms. The van der Waals surface area contributed by atoms with Gasteiger partial charge in [0.1, 0.15) is 10.6 Å². The van der Waals surface area contributed by atoms with Gasteiger partial charge in [0.05, 0.1) is 11.6 Å². The summed E-state index contributed by atoms with van der Waals surface area (Å²) >= 11 is 6.04. The highest BCUT2D eigenvalue weighted by Crippen LogP contribution is 2.40. The van der Waals surface area contributed by atoms with Crippen LogP contribution in [0.1, 0.15) is 11.1 Å². The van der Waals surface area contributed by atoms with Crippen molar-refractivity contribution in [3.05, 3.63) is 22.2 Å². The van der Waals surface area contributed by atoms with Gasteiger partial charge in [-0.25, -0.2) is 8.42 Å². The molecule has 1 aromatic rings. The molecule has 0 atom stereocenters. The molecular formula is C9H8Cl2O3S. The van der Waals surface area contributed by atoms with Gasteiger partial charge in [0.25, 0.3) is 9.05 Å². The van der Waals surface area contributed by atoms with E-state index in [1.807, 2.05) is 0 Å². The Morgan fingerprint density at radius 3 is 2.73 bits per heavy atom. The third-order valence-corrected chi connectivity index (χ3v) is 4.17. The first-order chi connectivity index (χ1) is 6.91. The molecule has 3 nitrogen and oxygen atoms in total. The average Bonchev–Trinajstić information content (AvgIpc) is 2.57. The maximum atomic E-state index is 11.3. The number of fused-ring (bicyclic) bond motifs is 1. The van der Waals surface area contributed by atoms with Crippen molar-refractivity contribution in [2.75, 3.05) is 6.61 Å². The van der Waals surface area contributed by atoms with E-state index in [-0.39, 0.29) is 4.90 Å². The van der Waals surface area contributed by atoms with E-state index < -0.39 is 9.05 Å². The van der Waals surface area contributed by atoms with E-state index in [0.29, 0.717) is 29.4 Å². The van der Waals surface area contributed by atoms with Gasteiger partial charge in [0.2, 0.25) is 0 Å². The molecule has 0 aromatic heterocycles. The molecule has 2 rings (SSSR count). The zero-order valence-electron chi connectivity index (χ0n) is 7.88. The van der Waals surface area contributed by atoms with Crippen LogP contribution < -0.4 is 4.74 Å².